The van der Waals surface area contributed by atoms with Crippen LogP contribution in [0.1, 0.15) is 15.9 Å². The van der Waals surface area contributed by atoms with E-state index in [9.17, 15) is 9.90 Å². The molecule has 0 atom stereocenters. The van der Waals surface area contributed by atoms with Crippen molar-refractivity contribution in [2.45, 2.75) is 0 Å². The van der Waals surface area contributed by atoms with Crippen LogP contribution in [0.3, 0.4) is 0 Å². The Labute approximate surface area is 164 Å². The predicted octanol–water partition coefficient (Wildman–Crippen LogP) is 2.67. The fourth-order valence-corrected chi connectivity index (χ4v) is 3.00. The summed E-state index contributed by atoms with van der Waals surface area (Å²) in [6.45, 7) is 0. The Kier molecular flexibility index (Phi) is 4.65. The first-order valence-electron chi connectivity index (χ1n) is 8.51. The molecule has 10 heteroatoms. The summed E-state index contributed by atoms with van der Waals surface area (Å²) >= 11 is 0. The molecule has 0 saturated carbocycles. The summed E-state index contributed by atoms with van der Waals surface area (Å²) in [5, 5.41) is 22.7. The summed E-state index contributed by atoms with van der Waals surface area (Å²) in [6.07, 6.45) is 1.34. The van der Waals surface area contributed by atoms with E-state index in [1.807, 2.05) is 24.3 Å². The van der Waals surface area contributed by atoms with Crippen LogP contribution in [0.25, 0.3) is 22.1 Å². The topological polar surface area (TPSA) is 135 Å². The van der Waals surface area contributed by atoms with Gasteiger partial charge in [-0.05, 0) is 18.2 Å². The molecule has 2 aromatic carbocycles. The van der Waals surface area contributed by atoms with E-state index in [0.717, 1.165) is 10.9 Å². The van der Waals surface area contributed by atoms with Gasteiger partial charge in [-0.15, -0.1) is 10.2 Å². The molecule has 2 heterocycles. The normalized spacial score (nSPS) is 11.2. The maximum atomic E-state index is 11.7. The average Bonchev–Trinajstić information content (AvgIpc) is 3.10. The molecular weight excluding hydrogens is 376 g/mol. The fraction of sp³-hybridized carbons (Fsp3) is 0.105. The molecule has 0 aliphatic heterocycles. The SMILES string of the molecule is COc1ccc(C=NNc2nnc3c(n2)[nH]c2ccccc23)c(C(=O)O)c1OC. The quantitative estimate of drug-likeness (QED) is 0.337. The van der Waals surface area contributed by atoms with Gasteiger partial charge in [0.1, 0.15) is 11.1 Å². The third-order valence-electron chi connectivity index (χ3n) is 4.28. The van der Waals surface area contributed by atoms with Crippen LogP contribution in [0.5, 0.6) is 11.5 Å². The highest BCUT2D eigenvalue weighted by Gasteiger charge is 2.20. The van der Waals surface area contributed by atoms with Crippen LogP contribution in [0.15, 0.2) is 41.5 Å². The molecule has 4 aromatic rings. The Morgan fingerprint density at radius 3 is 2.76 bits per heavy atom. The van der Waals surface area contributed by atoms with E-state index in [1.54, 1.807) is 12.1 Å². The van der Waals surface area contributed by atoms with E-state index in [0.29, 0.717) is 22.5 Å². The molecule has 0 bridgehead atoms. The Balaban J connectivity index is 1.63. The number of aromatic carboxylic acids is 1. The number of carboxylic acid groups (broad SMARTS) is 1. The fourth-order valence-electron chi connectivity index (χ4n) is 3.00. The van der Waals surface area contributed by atoms with Crippen molar-refractivity contribution in [1.82, 2.24) is 20.2 Å². The highest BCUT2D eigenvalue weighted by atomic mass is 16.5. The summed E-state index contributed by atoms with van der Waals surface area (Å²) in [7, 11) is 2.81. The summed E-state index contributed by atoms with van der Waals surface area (Å²) < 4.78 is 10.3. The predicted molar refractivity (Wildman–Crippen MR) is 107 cm³/mol. The summed E-state index contributed by atoms with van der Waals surface area (Å²) in [5.41, 5.74) is 5.04. The van der Waals surface area contributed by atoms with E-state index < -0.39 is 5.97 Å². The van der Waals surface area contributed by atoms with Crippen molar-refractivity contribution in [2.24, 2.45) is 5.10 Å². The molecule has 0 fully saturated rings. The largest absolute Gasteiger partial charge is 0.493 e. The maximum Gasteiger partial charge on any atom is 0.340 e. The number of ether oxygens (including phenoxy) is 2. The number of carbonyl (C=O) groups is 1. The number of benzene rings is 2. The first-order chi connectivity index (χ1) is 14.1. The third kappa shape index (κ3) is 3.27. The van der Waals surface area contributed by atoms with Crippen molar-refractivity contribution < 1.29 is 19.4 Å². The summed E-state index contributed by atoms with van der Waals surface area (Å²) in [6, 6.07) is 10.8. The minimum absolute atomic E-state index is 0.0671. The van der Waals surface area contributed by atoms with Gasteiger partial charge in [0.2, 0.25) is 0 Å². The van der Waals surface area contributed by atoms with Crippen molar-refractivity contribution in [3.8, 4) is 11.5 Å². The molecule has 0 unspecified atom stereocenters. The number of rotatable bonds is 6. The van der Waals surface area contributed by atoms with E-state index in [2.05, 4.69) is 30.7 Å². The smallest absolute Gasteiger partial charge is 0.340 e. The first-order valence-corrected chi connectivity index (χ1v) is 8.51. The lowest BCUT2D eigenvalue weighted by Gasteiger charge is -2.12. The Morgan fingerprint density at radius 1 is 1.17 bits per heavy atom. The molecule has 0 aliphatic rings. The van der Waals surface area contributed by atoms with Gasteiger partial charge in [-0.1, -0.05) is 18.2 Å². The van der Waals surface area contributed by atoms with Gasteiger partial charge in [0.05, 0.1) is 20.4 Å². The van der Waals surface area contributed by atoms with E-state index in [4.69, 9.17) is 9.47 Å². The van der Waals surface area contributed by atoms with E-state index >= 15 is 0 Å². The van der Waals surface area contributed by atoms with Crippen LogP contribution in [0.2, 0.25) is 0 Å². The van der Waals surface area contributed by atoms with Crippen molar-refractivity contribution >= 4 is 40.2 Å². The molecule has 0 saturated heterocycles. The van der Waals surface area contributed by atoms with Gasteiger partial charge in [0, 0.05) is 16.5 Å². The molecule has 2 aromatic heterocycles. The van der Waals surface area contributed by atoms with Crippen LogP contribution in [-0.2, 0) is 0 Å². The number of nitrogens with one attached hydrogen (secondary N) is 2. The minimum Gasteiger partial charge on any atom is -0.493 e. The monoisotopic (exact) mass is 392 g/mol. The van der Waals surface area contributed by atoms with Gasteiger partial charge in [-0.25, -0.2) is 10.2 Å². The number of H-pyrrole nitrogens is 1. The number of anilines is 1. The second-order valence-electron chi connectivity index (χ2n) is 5.94. The van der Waals surface area contributed by atoms with Crippen LogP contribution >= 0.6 is 0 Å². The number of para-hydroxylation sites is 1. The van der Waals surface area contributed by atoms with Crippen LogP contribution in [-0.4, -0.2) is 51.7 Å². The molecule has 3 N–H and O–H groups in total. The minimum atomic E-state index is -1.17. The standard InChI is InChI=1S/C19H16N6O4/c1-28-13-8-7-10(14(18(26)27)16(13)29-2)9-20-24-19-22-17-15(23-25-19)11-5-3-4-6-12(11)21-17/h3-9H,1-2H3,(H,26,27)(H2,21,22,24,25). The number of nitrogens with zero attached hydrogens (tertiary/aromatic N) is 4. The van der Waals surface area contributed by atoms with Gasteiger partial charge in [0.25, 0.3) is 5.95 Å². The first kappa shape index (κ1) is 18.2. The Bertz CT molecular complexity index is 1250. The molecule has 29 heavy (non-hydrogen) atoms. The van der Waals surface area contributed by atoms with Gasteiger partial charge in [0.15, 0.2) is 17.1 Å². The summed E-state index contributed by atoms with van der Waals surface area (Å²) in [5.74, 6) is -0.578. The van der Waals surface area contributed by atoms with Crippen molar-refractivity contribution in [3.05, 3.63) is 47.5 Å². The molecule has 0 spiro atoms. The number of carboxylic acids is 1. The number of fused-ring (bicyclic) bond motifs is 3. The Hall–Kier alpha value is -4.21. The molecule has 4 rings (SSSR count). The van der Waals surface area contributed by atoms with Crippen LogP contribution in [0, 0.1) is 0 Å². The van der Waals surface area contributed by atoms with Crippen molar-refractivity contribution in [1.29, 1.82) is 0 Å². The highest BCUT2D eigenvalue weighted by molar-refractivity contribution is 6.03. The van der Waals surface area contributed by atoms with Crippen LogP contribution < -0.4 is 14.9 Å². The maximum absolute atomic E-state index is 11.7. The van der Waals surface area contributed by atoms with Gasteiger partial charge in [-0.2, -0.15) is 10.1 Å². The molecular formula is C19H16N6O4. The number of aromatic amines is 1. The zero-order valence-corrected chi connectivity index (χ0v) is 15.5. The second-order valence-corrected chi connectivity index (χ2v) is 5.94. The van der Waals surface area contributed by atoms with Crippen LogP contribution in [0.4, 0.5) is 5.95 Å². The third-order valence-corrected chi connectivity index (χ3v) is 4.28. The Morgan fingerprint density at radius 2 is 2.00 bits per heavy atom. The van der Waals surface area contributed by atoms with Gasteiger partial charge >= 0.3 is 5.97 Å². The lowest BCUT2D eigenvalue weighted by atomic mass is 10.1. The van der Waals surface area contributed by atoms with Crippen molar-refractivity contribution in [2.75, 3.05) is 19.6 Å². The molecule has 10 nitrogen and oxygen atoms in total. The van der Waals surface area contributed by atoms with E-state index in [-0.39, 0.29) is 17.3 Å². The number of hydrazone groups is 1. The lowest BCUT2D eigenvalue weighted by molar-refractivity contribution is 0.0692. The zero-order valence-electron chi connectivity index (χ0n) is 15.5. The second kappa shape index (κ2) is 7.43. The van der Waals surface area contributed by atoms with Gasteiger partial charge < -0.3 is 19.6 Å². The number of aromatic nitrogens is 4. The average molecular weight is 392 g/mol. The number of hydrogen-bond donors (Lipinski definition) is 3. The lowest BCUT2D eigenvalue weighted by Crippen LogP contribution is -2.07. The number of methoxy groups -OCH3 is 2. The van der Waals surface area contributed by atoms with E-state index in [1.165, 1.54) is 20.4 Å². The van der Waals surface area contributed by atoms with Crippen molar-refractivity contribution in [3.63, 3.8) is 0 Å². The molecule has 0 radical (unpaired) electrons. The molecule has 0 aliphatic carbocycles. The zero-order chi connectivity index (χ0) is 20.4. The van der Waals surface area contributed by atoms with Gasteiger partial charge in [-0.3, -0.25) is 0 Å². The molecule has 0 amide bonds. The summed E-state index contributed by atoms with van der Waals surface area (Å²) in [4.78, 5) is 19.2. The highest BCUT2D eigenvalue weighted by Crippen LogP contribution is 2.33. The number of hydrogen-bond acceptors (Lipinski definition) is 8. The molecule has 146 valence electrons.